The van der Waals surface area contributed by atoms with Crippen LogP contribution in [0.5, 0.6) is 11.5 Å². The number of nitrogens with one attached hydrogen (secondary N) is 1. The minimum Gasteiger partial charge on any atom is -0.497 e. The van der Waals surface area contributed by atoms with Gasteiger partial charge in [0.25, 0.3) is 0 Å². The Balaban J connectivity index is 1.97. The second-order valence-electron chi connectivity index (χ2n) is 4.77. The molecule has 1 atom stereocenters. The fraction of sp³-hybridized carbons (Fsp3) is 0.375. The van der Waals surface area contributed by atoms with Gasteiger partial charge in [-0.05, 0) is 37.3 Å². The summed E-state index contributed by atoms with van der Waals surface area (Å²) in [6.45, 7) is 3.30. The quantitative estimate of drug-likeness (QED) is 0.826. The van der Waals surface area contributed by atoms with E-state index in [4.69, 9.17) is 9.47 Å². The summed E-state index contributed by atoms with van der Waals surface area (Å²) < 4.78 is 10.5. The van der Waals surface area contributed by atoms with Gasteiger partial charge in [-0.2, -0.15) is 0 Å². The van der Waals surface area contributed by atoms with Crippen LogP contribution in [0.3, 0.4) is 0 Å². The monoisotopic (exact) mass is 307 g/mol. The lowest BCUT2D eigenvalue weighted by atomic mass is 10.1. The highest BCUT2D eigenvalue weighted by atomic mass is 32.1. The minimum atomic E-state index is -0.642. The summed E-state index contributed by atoms with van der Waals surface area (Å²) in [4.78, 5) is 2.55. The third-order valence-corrected chi connectivity index (χ3v) is 4.23. The van der Waals surface area contributed by atoms with Crippen molar-refractivity contribution >= 4 is 11.3 Å². The predicted octanol–water partition coefficient (Wildman–Crippen LogP) is 2.90. The molecule has 0 aliphatic rings. The van der Waals surface area contributed by atoms with E-state index in [9.17, 15) is 5.11 Å². The molecule has 114 valence electrons. The van der Waals surface area contributed by atoms with E-state index in [0.29, 0.717) is 18.0 Å². The van der Waals surface area contributed by atoms with Crippen molar-refractivity contribution in [3.63, 3.8) is 0 Å². The Labute approximate surface area is 129 Å². The normalized spacial score (nSPS) is 12.2. The van der Waals surface area contributed by atoms with Gasteiger partial charge in [-0.15, -0.1) is 11.3 Å². The van der Waals surface area contributed by atoms with Crippen LogP contribution in [0.4, 0.5) is 0 Å². The first kappa shape index (κ1) is 15.8. The van der Waals surface area contributed by atoms with Crippen LogP contribution in [0.25, 0.3) is 0 Å². The molecule has 2 aromatic rings. The van der Waals surface area contributed by atoms with Gasteiger partial charge in [-0.25, -0.2) is 0 Å². The molecule has 0 saturated carbocycles. The van der Waals surface area contributed by atoms with E-state index in [0.717, 1.165) is 12.1 Å². The molecular formula is C16H21NO3S. The zero-order valence-electron chi connectivity index (χ0n) is 12.6. The second-order valence-corrected chi connectivity index (χ2v) is 6.14. The summed E-state index contributed by atoms with van der Waals surface area (Å²) in [7, 11) is 3.20. The zero-order valence-corrected chi connectivity index (χ0v) is 13.4. The highest BCUT2D eigenvalue weighted by Gasteiger charge is 2.14. The van der Waals surface area contributed by atoms with Crippen LogP contribution in [0.15, 0.2) is 30.3 Å². The van der Waals surface area contributed by atoms with Gasteiger partial charge >= 0.3 is 0 Å². The first-order valence-corrected chi connectivity index (χ1v) is 7.61. The Hall–Kier alpha value is -1.56. The Morgan fingerprint density at radius 2 is 2.00 bits per heavy atom. The molecule has 2 N–H and O–H groups in total. The number of ether oxygens (including phenoxy) is 2. The van der Waals surface area contributed by atoms with Crippen LogP contribution in [0.2, 0.25) is 0 Å². The van der Waals surface area contributed by atoms with Gasteiger partial charge in [-0.3, -0.25) is 0 Å². The van der Waals surface area contributed by atoms with Crippen LogP contribution in [0, 0.1) is 6.92 Å². The number of hydrogen-bond donors (Lipinski definition) is 2. The molecule has 21 heavy (non-hydrogen) atoms. The minimum absolute atomic E-state index is 0.459. The molecule has 0 amide bonds. The summed E-state index contributed by atoms with van der Waals surface area (Å²) >= 11 is 1.76. The van der Waals surface area contributed by atoms with E-state index >= 15 is 0 Å². The molecule has 5 heteroatoms. The molecule has 0 radical (unpaired) electrons. The molecule has 4 nitrogen and oxygen atoms in total. The molecule has 1 heterocycles. The second kappa shape index (κ2) is 7.45. The van der Waals surface area contributed by atoms with Gasteiger partial charge in [0.1, 0.15) is 11.5 Å². The van der Waals surface area contributed by atoms with E-state index in [1.807, 2.05) is 6.07 Å². The number of hydrogen-bond acceptors (Lipinski definition) is 5. The number of methoxy groups -OCH3 is 2. The summed E-state index contributed by atoms with van der Waals surface area (Å²) in [5, 5.41) is 13.6. The third-order valence-electron chi connectivity index (χ3n) is 3.23. The van der Waals surface area contributed by atoms with E-state index in [2.05, 4.69) is 24.4 Å². The first-order chi connectivity index (χ1) is 10.1. The van der Waals surface area contributed by atoms with Crippen LogP contribution in [-0.4, -0.2) is 25.9 Å². The van der Waals surface area contributed by atoms with E-state index in [-0.39, 0.29) is 0 Å². The van der Waals surface area contributed by atoms with Gasteiger partial charge in [-0.1, -0.05) is 0 Å². The van der Waals surface area contributed by atoms with Crippen molar-refractivity contribution in [1.82, 2.24) is 5.32 Å². The molecule has 0 unspecified atom stereocenters. The number of benzene rings is 1. The molecule has 0 saturated heterocycles. The SMILES string of the molecule is COc1ccc(OC)c([C@@H](O)CNCc2ccc(C)s2)c1. The average Bonchev–Trinajstić information content (AvgIpc) is 2.91. The predicted molar refractivity (Wildman–Crippen MR) is 85.3 cm³/mol. The smallest absolute Gasteiger partial charge is 0.124 e. The maximum Gasteiger partial charge on any atom is 0.124 e. The van der Waals surface area contributed by atoms with Gasteiger partial charge < -0.3 is 19.9 Å². The van der Waals surface area contributed by atoms with Crippen LogP contribution in [0.1, 0.15) is 21.4 Å². The van der Waals surface area contributed by atoms with Crippen molar-refractivity contribution in [2.45, 2.75) is 19.6 Å². The van der Waals surface area contributed by atoms with Crippen molar-refractivity contribution in [3.8, 4) is 11.5 Å². The molecular weight excluding hydrogens is 286 g/mol. The Morgan fingerprint density at radius 3 is 2.62 bits per heavy atom. The molecule has 1 aromatic heterocycles. The lowest BCUT2D eigenvalue weighted by Crippen LogP contribution is -2.21. The zero-order chi connectivity index (χ0) is 15.2. The number of thiophene rings is 1. The largest absolute Gasteiger partial charge is 0.497 e. The van der Waals surface area contributed by atoms with Crippen LogP contribution < -0.4 is 14.8 Å². The van der Waals surface area contributed by atoms with E-state index in [1.54, 1.807) is 37.7 Å². The topological polar surface area (TPSA) is 50.7 Å². The van der Waals surface area contributed by atoms with Gasteiger partial charge in [0.15, 0.2) is 0 Å². The summed E-state index contributed by atoms with van der Waals surface area (Å²) in [6.07, 6.45) is -0.642. The Morgan fingerprint density at radius 1 is 1.19 bits per heavy atom. The van der Waals surface area contributed by atoms with Crippen molar-refractivity contribution < 1.29 is 14.6 Å². The van der Waals surface area contributed by atoms with Crippen molar-refractivity contribution in [3.05, 3.63) is 45.6 Å². The Kier molecular flexibility index (Phi) is 5.61. The summed E-state index contributed by atoms with van der Waals surface area (Å²) in [5.74, 6) is 1.37. The molecule has 0 fully saturated rings. The maximum atomic E-state index is 10.3. The summed E-state index contributed by atoms with van der Waals surface area (Å²) in [6, 6.07) is 9.63. The molecule has 2 rings (SSSR count). The van der Waals surface area contributed by atoms with Crippen LogP contribution >= 0.6 is 11.3 Å². The maximum absolute atomic E-state index is 10.3. The molecule has 0 aliphatic heterocycles. The number of rotatable bonds is 7. The van der Waals surface area contributed by atoms with Gasteiger partial charge in [0.05, 0.1) is 20.3 Å². The van der Waals surface area contributed by atoms with Crippen molar-refractivity contribution in [2.24, 2.45) is 0 Å². The third kappa shape index (κ3) is 4.20. The van der Waals surface area contributed by atoms with Gasteiger partial charge in [0.2, 0.25) is 0 Å². The fourth-order valence-corrected chi connectivity index (χ4v) is 2.98. The standard InChI is InChI=1S/C16H21NO3S/c1-11-4-6-13(21-11)9-17-10-15(18)14-8-12(19-2)5-7-16(14)20-3/h4-8,15,17-18H,9-10H2,1-3H3/t15-/m0/s1. The highest BCUT2D eigenvalue weighted by Crippen LogP contribution is 2.29. The molecule has 1 aromatic carbocycles. The van der Waals surface area contributed by atoms with Gasteiger partial charge in [0, 0.05) is 28.4 Å². The number of aryl methyl sites for hydroxylation is 1. The highest BCUT2D eigenvalue weighted by molar-refractivity contribution is 7.11. The lowest BCUT2D eigenvalue weighted by Gasteiger charge is -2.16. The first-order valence-electron chi connectivity index (χ1n) is 6.80. The molecule has 0 spiro atoms. The average molecular weight is 307 g/mol. The molecule has 0 bridgehead atoms. The number of aliphatic hydroxyl groups excluding tert-OH is 1. The lowest BCUT2D eigenvalue weighted by molar-refractivity contribution is 0.170. The molecule has 0 aliphatic carbocycles. The van der Waals surface area contributed by atoms with Crippen molar-refractivity contribution in [2.75, 3.05) is 20.8 Å². The van der Waals surface area contributed by atoms with Crippen molar-refractivity contribution in [1.29, 1.82) is 0 Å². The van der Waals surface area contributed by atoms with Crippen LogP contribution in [-0.2, 0) is 6.54 Å². The van der Waals surface area contributed by atoms with E-state index < -0.39 is 6.10 Å². The summed E-state index contributed by atoms with van der Waals surface area (Å²) in [5.41, 5.74) is 0.728. The van der Waals surface area contributed by atoms with E-state index in [1.165, 1.54) is 9.75 Å². The Bertz CT molecular complexity index is 583. The number of aliphatic hydroxyl groups is 1. The fourth-order valence-electron chi connectivity index (χ4n) is 2.12.